The van der Waals surface area contributed by atoms with Crippen LogP contribution in [0.25, 0.3) is 0 Å². The lowest BCUT2D eigenvalue weighted by atomic mass is 10.1. The highest BCUT2D eigenvalue weighted by molar-refractivity contribution is 5.23. The SMILES string of the molecule is CCNC(c1ccccc1)c1nnc(COCC)o1. The third kappa shape index (κ3) is 3.62. The fraction of sp³-hybridized carbons (Fsp3) is 0.429. The largest absolute Gasteiger partial charge is 0.421 e. The van der Waals surface area contributed by atoms with Crippen molar-refractivity contribution in [2.45, 2.75) is 26.5 Å². The van der Waals surface area contributed by atoms with Gasteiger partial charge in [0.15, 0.2) is 0 Å². The molecule has 0 aliphatic heterocycles. The molecule has 0 aliphatic rings. The standard InChI is InChI=1S/C14H19N3O2/c1-3-15-13(11-8-6-5-7-9-11)14-17-16-12(19-14)10-18-4-2/h5-9,13,15H,3-4,10H2,1-2H3. The quantitative estimate of drug-likeness (QED) is 0.828. The molecule has 1 unspecified atom stereocenters. The summed E-state index contributed by atoms with van der Waals surface area (Å²) in [5, 5.41) is 11.5. The molecule has 102 valence electrons. The van der Waals surface area contributed by atoms with Crippen molar-refractivity contribution in [2.75, 3.05) is 13.2 Å². The third-order valence-electron chi connectivity index (χ3n) is 2.70. The van der Waals surface area contributed by atoms with Crippen molar-refractivity contribution in [2.24, 2.45) is 0 Å². The Kier molecular flexibility index (Phi) is 5.06. The number of aromatic nitrogens is 2. The van der Waals surface area contributed by atoms with Gasteiger partial charge >= 0.3 is 0 Å². The van der Waals surface area contributed by atoms with Crippen LogP contribution in [0.4, 0.5) is 0 Å². The van der Waals surface area contributed by atoms with Gasteiger partial charge in [0.1, 0.15) is 12.6 Å². The Morgan fingerprint density at radius 2 is 2.00 bits per heavy atom. The van der Waals surface area contributed by atoms with Crippen molar-refractivity contribution >= 4 is 0 Å². The predicted molar refractivity (Wildman–Crippen MR) is 71.6 cm³/mol. The first kappa shape index (κ1) is 13.7. The Morgan fingerprint density at radius 1 is 1.21 bits per heavy atom. The molecule has 1 aromatic heterocycles. The van der Waals surface area contributed by atoms with Crippen LogP contribution < -0.4 is 5.32 Å². The summed E-state index contributed by atoms with van der Waals surface area (Å²) in [7, 11) is 0. The molecule has 0 saturated carbocycles. The van der Waals surface area contributed by atoms with Crippen LogP contribution in [-0.2, 0) is 11.3 Å². The van der Waals surface area contributed by atoms with Crippen LogP contribution in [0.15, 0.2) is 34.7 Å². The number of benzene rings is 1. The second kappa shape index (κ2) is 7.01. The minimum Gasteiger partial charge on any atom is -0.421 e. The number of nitrogens with zero attached hydrogens (tertiary/aromatic N) is 2. The van der Waals surface area contributed by atoms with E-state index in [0.717, 1.165) is 12.1 Å². The smallest absolute Gasteiger partial charge is 0.242 e. The minimum absolute atomic E-state index is 0.0749. The highest BCUT2D eigenvalue weighted by Crippen LogP contribution is 2.20. The first-order valence-electron chi connectivity index (χ1n) is 6.53. The minimum atomic E-state index is -0.0749. The van der Waals surface area contributed by atoms with Crippen molar-refractivity contribution in [3.8, 4) is 0 Å². The predicted octanol–water partition coefficient (Wildman–Crippen LogP) is 2.31. The van der Waals surface area contributed by atoms with E-state index in [0.29, 0.717) is 25.0 Å². The molecular weight excluding hydrogens is 242 g/mol. The zero-order valence-electron chi connectivity index (χ0n) is 11.3. The van der Waals surface area contributed by atoms with E-state index in [1.807, 2.05) is 44.2 Å². The van der Waals surface area contributed by atoms with E-state index in [1.54, 1.807) is 0 Å². The topological polar surface area (TPSA) is 60.2 Å². The van der Waals surface area contributed by atoms with Crippen molar-refractivity contribution in [3.05, 3.63) is 47.7 Å². The number of rotatable bonds is 7. The van der Waals surface area contributed by atoms with Gasteiger partial charge in [-0.15, -0.1) is 10.2 Å². The maximum atomic E-state index is 5.65. The van der Waals surface area contributed by atoms with Gasteiger partial charge in [0.25, 0.3) is 0 Å². The molecule has 1 heterocycles. The van der Waals surface area contributed by atoms with E-state index < -0.39 is 0 Å². The van der Waals surface area contributed by atoms with E-state index in [-0.39, 0.29) is 6.04 Å². The maximum absolute atomic E-state index is 5.65. The molecule has 1 N–H and O–H groups in total. The molecule has 1 atom stereocenters. The summed E-state index contributed by atoms with van der Waals surface area (Å²) in [6.07, 6.45) is 0. The highest BCUT2D eigenvalue weighted by Gasteiger charge is 2.19. The van der Waals surface area contributed by atoms with Gasteiger partial charge in [-0.2, -0.15) is 0 Å². The Morgan fingerprint density at radius 3 is 2.68 bits per heavy atom. The molecule has 19 heavy (non-hydrogen) atoms. The van der Waals surface area contributed by atoms with Crippen LogP contribution in [0.3, 0.4) is 0 Å². The first-order chi connectivity index (χ1) is 9.35. The van der Waals surface area contributed by atoms with Crippen molar-refractivity contribution in [1.29, 1.82) is 0 Å². The van der Waals surface area contributed by atoms with Gasteiger partial charge in [0, 0.05) is 6.61 Å². The maximum Gasteiger partial charge on any atom is 0.242 e. The van der Waals surface area contributed by atoms with Gasteiger partial charge in [-0.25, -0.2) is 0 Å². The third-order valence-corrected chi connectivity index (χ3v) is 2.70. The van der Waals surface area contributed by atoms with Crippen LogP contribution in [0.1, 0.15) is 37.2 Å². The Bertz CT molecular complexity index is 484. The van der Waals surface area contributed by atoms with E-state index >= 15 is 0 Å². The fourth-order valence-corrected chi connectivity index (χ4v) is 1.83. The lowest BCUT2D eigenvalue weighted by Gasteiger charge is -2.13. The number of hydrogen-bond acceptors (Lipinski definition) is 5. The zero-order chi connectivity index (χ0) is 13.5. The molecule has 5 nitrogen and oxygen atoms in total. The molecule has 0 amide bonds. The molecule has 0 fully saturated rings. The zero-order valence-corrected chi connectivity index (χ0v) is 11.3. The van der Waals surface area contributed by atoms with E-state index in [1.165, 1.54) is 0 Å². The summed E-state index contributed by atoms with van der Waals surface area (Å²) in [5.74, 6) is 1.08. The summed E-state index contributed by atoms with van der Waals surface area (Å²) < 4.78 is 10.9. The first-order valence-corrected chi connectivity index (χ1v) is 6.53. The van der Waals surface area contributed by atoms with Gasteiger partial charge in [0.05, 0.1) is 0 Å². The van der Waals surface area contributed by atoms with Crippen LogP contribution in [0.5, 0.6) is 0 Å². The number of ether oxygens (including phenoxy) is 1. The second-order valence-corrected chi connectivity index (χ2v) is 4.07. The molecule has 0 saturated heterocycles. The Labute approximate surface area is 113 Å². The molecule has 2 rings (SSSR count). The number of nitrogens with one attached hydrogen (secondary N) is 1. The molecule has 0 aliphatic carbocycles. The van der Waals surface area contributed by atoms with Crippen LogP contribution in [-0.4, -0.2) is 23.3 Å². The highest BCUT2D eigenvalue weighted by atomic mass is 16.5. The van der Waals surface area contributed by atoms with E-state index in [4.69, 9.17) is 9.15 Å². The van der Waals surface area contributed by atoms with E-state index in [2.05, 4.69) is 15.5 Å². The fourth-order valence-electron chi connectivity index (χ4n) is 1.83. The van der Waals surface area contributed by atoms with Gasteiger partial charge in [-0.05, 0) is 19.0 Å². The van der Waals surface area contributed by atoms with Crippen LogP contribution in [0.2, 0.25) is 0 Å². The van der Waals surface area contributed by atoms with Crippen LogP contribution >= 0.6 is 0 Å². The molecule has 2 aromatic rings. The van der Waals surface area contributed by atoms with Crippen molar-refractivity contribution in [3.63, 3.8) is 0 Å². The van der Waals surface area contributed by atoms with Crippen molar-refractivity contribution in [1.82, 2.24) is 15.5 Å². The van der Waals surface area contributed by atoms with Gasteiger partial charge in [-0.3, -0.25) is 0 Å². The molecular formula is C14H19N3O2. The average Bonchev–Trinajstić information content (AvgIpc) is 2.92. The van der Waals surface area contributed by atoms with Gasteiger partial charge in [0.2, 0.25) is 11.8 Å². The van der Waals surface area contributed by atoms with Gasteiger partial charge < -0.3 is 14.5 Å². The lowest BCUT2D eigenvalue weighted by molar-refractivity contribution is 0.113. The average molecular weight is 261 g/mol. The molecule has 5 heteroatoms. The van der Waals surface area contributed by atoms with Gasteiger partial charge in [-0.1, -0.05) is 37.3 Å². The second-order valence-electron chi connectivity index (χ2n) is 4.07. The monoisotopic (exact) mass is 261 g/mol. The summed E-state index contributed by atoms with van der Waals surface area (Å²) in [4.78, 5) is 0. The lowest BCUT2D eigenvalue weighted by Crippen LogP contribution is -2.22. The Hall–Kier alpha value is -1.72. The molecule has 0 bridgehead atoms. The summed E-state index contributed by atoms with van der Waals surface area (Å²) >= 11 is 0. The molecule has 0 radical (unpaired) electrons. The van der Waals surface area contributed by atoms with Crippen molar-refractivity contribution < 1.29 is 9.15 Å². The summed E-state index contributed by atoms with van der Waals surface area (Å²) in [6.45, 7) is 5.79. The normalized spacial score (nSPS) is 12.5. The number of hydrogen-bond donors (Lipinski definition) is 1. The van der Waals surface area contributed by atoms with Crippen LogP contribution in [0, 0.1) is 0 Å². The summed E-state index contributed by atoms with van der Waals surface area (Å²) in [6, 6.07) is 9.99. The molecule has 1 aromatic carbocycles. The Balaban J connectivity index is 2.17. The van der Waals surface area contributed by atoms with E-state index in [9.17, 15) is 0 Å². The molecule has 0 spiro atoms. The summed E-state index contributed by atoms with van der Waals surface area (Å²) in [5.41, 5.74) is 1.11.